The molecule has 0 aliphatic rings. The van der Waals surface area contributed by atoms with E-state index in [4.69, 9.17) is 20.4 Å². The first-order valence-electron chi connectivity index (χ1n) is 3.28. The summed E-state index contributed by atoms with van der Waals surface area (Å²) in [6, 6.07) is 0. The van der Waals surface area contributed by atoms with E-state index in [1.807, 2.05) is 0 Å². The van der Waals surface area contributed by atoms with Gasteiger partial charge in [-0.25, -0.2) is 9.59 Å². The molecule has 0 aromatic rings. The van der Waals surface area contributed by atoms with Crippen LogP contribution in [0, 0.1) is 0 Å². The Balaban J connectivity index is 0. The summed E-state index contributed by atoms with van der Waals surface area (Å²) in [7, 11) is 0. The van der Waals surface area contributed by atoms with Gasteiger partial charge in [0.05, 0.1) is 0 Å². The average Bonchev–Trinajstić information content (AvgIpc) is 2.05. The van der Waals surface area contributed by atoms with E-state index in [0.29, 0.717) is 0 Å². The average molecular weight is 188 g/mol. The number of hydrogen-bond donors (Lipinski definition) is 4. The van der Waals surface area contributed by atoms with Gasteiger partial charge in [0, 0.05) is 0 Å². The first-order valence-corrected chi connectivity index (χ1v) is 5.28. The third kappa shape index (κ3) is 5.50. The number of aliphatic carboxylic acids is 2. The number of carboxylic acid groups (broad SMARTS) is 2. The standard InChI is InChI=1S/C4H6O6.CH3.Na/c5-1(3(7)8)2(6)4(9)10;;/h1-2,5-6H,(H,7,8)(H,9,10);1H3;. The van der Waals surface area contributed by atoms with E-state index in [1.54, 1.807) is 0 Å². The van der Waals surface area contributed by atoms with E-state index >= 15 is 0 Å². The van der Waals surface area contributed by atoms with Crippen molar-refractivity contribution in [1.29, 1.82) is 0 Å². The maximum atomic E-state index is 9.77. The fourth-order valence-electron chi connectivity index (χ4n) is 0.270. The molecule has 66 valence electrons. The van der Waals surface area contributed by atoms with E-state index < -0.39 is 24.1 Å². The molecule has 0 saturated heterocycles. The van der Waals surface area contributed by atoms with Crippen LogP contribution in [0.1, 0.15) is 0 Å². The third-order valence-electron chi connectivity index (χ3n) is 0.805. The predicted molar refractivity (Wildman–Crippen MR) is 38.9 cm³/mol. The SMILES string of the molecule is O=C(O)C(O)C(O)C(=O)O.[CH3][Na]. The minimum absolute atomic E-state index is 1.31. The molecule has 6 nitrogen and oxygen atoms in total. The van der Waals surface area contributed by atoms with Crippen molar-refractivity contribution in [3.05, 3.63) is 0 Å². The van der Waals surface area contributed by atoms with Crippen LogP contribution in [-0.2, 0) is 9.59 Å². The van der Waals surface area contributed by atoms with E-state index in [2.05, 4.69) is 4.17 Å². The second kappa shape index (κ2) is 7.51. The van der Waals surface area contributed by atoms with Crippen LogP contribution in [0.25, 0.3) is 0 Å². The summed E-state index contributed by atoms with van der Waals surface area (Å²) in [4.78, 5) is 19.5. The van der Waals surface area contributed by atoms with Crippen LogP contribution in [0.5, 0.6) is 0 Å². The van der Waals surface area contributed by atoms with Gasteiger partial charge in [0.25, 0.3) is 0 Å². The topological polar surface area (TPSA) is 115 Å². The molecular weight excluding hydrogens is 179 g/mol. The van der Waals surface area contributed by atoms with Gasteiger partial charge < -0.3 is 20.4 Å². The molecule has 0 saturated carbocycles. The van der Waals surface area contributed by atoms with Crippen LogP contribution in [0.3, 0.4) is 0 Å². The first kappa shape index (κ1) is 14.4. The van der Waals surface area contributed by atoms with E-state index in [9.17, 15) is 9.59 Å². The van der Waals surface area contributed by atoms with Gasteiger partial charge in [-0.15, -0.1) is 0 Å². The van der Waals surface area contributed by atoms with Gasteiger partial charge >= 0.3 is 44.0 Å². The van der Waals surface area contributed by atoms with Crippen LogP contribution in [0.2, 0.25) is 4.17 Å². The third-order valence-corrected chi connectivity index (χ3v) is 0.805. The quantitative estimate of drug-likeness (QED) is 0.384. The molecule has 4 N–H and O–H groups in total. The van der Waals surface area contributed by atoms with Crippen molar-refractivity contribution in [3.63, 3.8) is 0 Å². The molecular formula is C5H9NaO6. The van der Waals surface area contributed by atoms with Gasteiger partial charge in [-0.1, -0.05) is 0 Å². The molecule has 0 aromatic heterocycles. The first-order chi connectivity index (χ1) is 5.46. The summed E-state index contributed by atoms with van der Waals surface area (Å²) in [5.74, 6) is -3.54. The zero-order chi connectivity index (χ0) is 10.3. The summed E-state index contributed by atoms with van der Waals surface area (Å²) < 4.78 is 2.14. The summed E-state index contributed by atoms with van der Waals surface area (Å²) in [5.41, 5.74) is 0. The zero-order valence-electron chi connectivity index (χ0n) is 6.76. The minimum atomic E-state index is -2.27. The van der Waals surface area contributed by atoms with E-state index in [-0.39, 0.29) is 0 Å². The zero-order valence-corrected chi connectivity index (χ0v) is 8.76. The van der Waals surface area contributed by atoms with Crippen LogP contribution < -0.4 is 0 Å². The molecule has 0 bridgehead atoms. The van der Waals surface area contributed by atoms with Crippen molar-refractivity contribution < 1.29 is 30.0 Å². The number of aliphatic hydroxyl groups is 2. The normalized spacial score (nSPS) is 13.8. The molecule has 0 amide bonds. The molecule has 0 aliphatic carbocycles. The number of hydrogen-bond acceptors (Lipinski definition) is 4. The van der Waals surface area contributed by atoms with Crippen molar-refractivity contribution in [1.82, 2.24) is 0 Å². The second-order valence-electron chi connectivity index (χ2n) is 1.57. The molecule has 0 fully saturated rings. The Bertz CT molecular complexity index is 140. The Hall–Kier alpha value is -0.140. The van der Waals surface area contributed by atoms with Crippen molar-refractivity contribution >= 4 is 39.9 Å². The van der Waals surface area contributed by atoms with E-state index in [0.717, 1.165) is 0 Å². The van der Waals surface area contributed by atoms with Crippen molar-refractivity contribution in [2.45, 2.75) is 16.4 Å². The van der Waals surface area contributed by atoms with Gasteiger partial charge in [-0.3, -0.25) is 0 Å². The Kier molecular flexibility index (Phi) is 9.00. The number of aliphatic hydroxyl groups excluding tert-OH is 2. The summed E-state index contributed by atoms with van der Waals surface area (Å²) in [5, 5.41) is 32.5. The fraction of sp³-hybridized carbons (Fsp3) is 0.600. The summed E-state index contributed by atoms with van der Waals surface area (Å²) in [6.07, 6.45) is -4.53. The number of carboxylic acids is 2. The van der Waals surface area contributed by atoms with Crippen LogP contribution >= 0.6 is 0 Å². The molecule has 0 rings (SSSR count). The Morgan fingerprint density at radius 1 is 1.00 bits per heavy atom. The Morgan fingerprint density at radius 2 is 1.17 bits per heavy atom. The van der Waals surface area contributed by atoms with Gasteiger partial charge in [0.1, 0.15) is 0 Å². The van der Waals surface area contributed by atoms with Gasteiger partial charge in [0.15, 0.2) is 12.2 Å². The van der Waals surface area contributed by atoms with Crippen LogP contribution in [0.15, 0.2) is 0 Å². The molecule has 0 radical (unpaired) electrons. The molecule has 0 aliphatic heterocycles. The summed E-state index contributed by atoms with van der Waals surface area (Å²) >= 11 is 1.31. The number of carbonyl (C=O) groups is 2. The molecule has 2 atom stereocenters. The monoisotopic (exact) mass is 188 g/mol. The molecule has 12 heavy (non-hydrogen) atoms. The van der Waals surface area contributed by atoms with Crippen molar-refractivity contribution in [2.75, 3.05) is 0 Å². The molecule has 0 heterocycles. The predicted octanol–water partition coefficient (Wildman–Crippen LogP) is -1.92. The molecule has 2 unspecified atom stereocenters. The molecule has 7 heteroatoms. The maximum absolute atomic E-state index is 9.77. The van der Waals surface area contributed by atoms with Gasteiger partial charge in [-0.05, 0) is 0 Å². The fourth-order valence-corrected chi connectivity index (χ4v) is 0.270. The van der Waals surface area contributed by atoms with Crippen molar-refractivity contribution in [2.24, 2.45) is 0 Å². The molecule has 0 spiro atoms. The van der Waals surface area contributed by atoms with Crippen LogP contribution in [0.4, 0.5) is 0 Å². The second-order valence-corrected chi connectivity index (χ2v) is 1.57. The number of rotatable bonds is 3. The Labute approximate surface area is 86.2 Å². The Morgan fingerprint density at radius 3 is 1.25 bits per heavy atom. The molecule has 0 aromatic carbocycles. The van der Waals surface area contributed by atoms with Crippen molar-refractivity contribution in [3.8, 4) is 0 Å². The van der Waals surface area contributed by atoms with Gasteiger partial charge in [0.2, 0.25) is 0 Å². The van der Waals surface area contributed by atoms with Crippen LogP contribution in [-0.4, -0.2) is 72.5 Å². The summed E-state index contributed by atoms with van der Waals surface area (Å²) in [6.45, 7) is 0. The van der Waals surface area contributed by atoms with E-state index in [1.165, 1.54) is 27.9 Å². The van der Waals surface area contributed by atoms with Gasteiger partial charge in [-0.2, -0.15) is 0 Å².